The van der Waals surface area contributed by atoms with Gasteiger partial charge in [-0.15, -0.1) is 0 Å². The molecule has 0 spiro atoms. The summed E-state index contributed by atoms with van der Waals surface area (Å²) in [4.78, 5) is 39.8. The zero-order chi connectivity index (χ0) is 20.4. The first-order valence-electron chi connectivity index (χ1n) is 9.29. The molecule has 1 saturated heterocycles. The van der Waals surface area contributed by atoms with Crippen molar-refractivity contribution in [2.24, 2.45) is 11.8 Å². The summed E-state index contributed by atoms with van der Waals surface area (Å²) in [6, 6.07) is 0. The van der Waals surface area contributed by atoms with Crippen LogP contribution < -0.4 is 0 Å². The van der Waals surface area contributed by atoms with Crippen molar-refractivity contribution in [3.8, 4) is 0 Å². The topological polar surface area (TPSA) is 113 Å². The molecule has 1 fully saturated rings. The lowest BCUT2D eigenvalue weighted by atomic mass is 9.79. The molecule has 2 N–H and O–H groups in total. The number of aliphatic hydroxyl groups is 2. The molecule has 0 saturated carbocycles. The van der Waals surface area contributed by atoms with Crippen molar-refractivity contribution in [1.29, 1.82) is 0 Å². The number of fused-ring (bicyclic) bond motifs is 2. The van der Waals surface area contributed by atoms with Gasteiger partial charge in [-0.1, -0.05) is 19.9 Å². The lowest BCUT2D eigenvalue weighted by molar-refractivity contribution is -0.181. The maximum absolute atomic E-state index is 12.8. The predicted octanol–water partition coefficient (Wildman–Crippen LogP) is 0.0602. The largest absolute Gasteiger partial charge is 0.459 e. The smallest absolute Gasteiger partial charge is 0.338 e. The van der Waals surface area contributed by atoms with Gasteiger partial charge in [0.05, 0.1) is 12.0 Å². The standard InChI is InChI=1S/C19H29NO7/c1-5-13-15(21)11(2)19(3,25)18(24)26-10-12-6-8-20(4)9-7-14(16(12)22)27-17(13)23/h6,11,13-15,21,25H,5,7-10H2,1-4H3/b12-6-/t11-,13?,14-,15+,19-/m1/s1. The third-order valence-electron chi connectivity index (χ3n) is 5.62. The second-order valence-electron chi connectivity index (χ2n) is 7.59. The van der Waals surface area contributed by atoms with Crippen molar-refractivity contribution in [3.05, 3.63) is 11.6 Å². The van der Waals surface area contributed by atoms with Gasteiger partial charge in [0, 0.05) is 31.0 Å². The number of hydrogen-bond donors (Lipinski definition) is 2. The minimum Gasteiger partial charge on any atom is -0.459 e. The van der Waals surface area contributed by atoms with E-state index in [2.05, 4.69) is 0 Å². The van der Waals surface area contributed by atoms with E-state index in [0.717, 1.165) is 0 Å². The Morgan fingerprint density at radius 1 is 1.33 bits per heavy atom. The van der Waals surface area contributed by atoms with Gasteiger partial charge in [-0.2, -0.15) is 0 Å². The van der Waals surface area contributed by atoms with Crippen LogP contribution in [-0.4, -0.2) is 77.4 Å². The van der Waals surface area contributed by atoms with Crippen LogP contribution >= 0.6 is 0 Å². The maximum atomic E-state index is 12.8. The molecular weight excluding hydrogens is 354 g/mol. The predicted molar refractivity (Wildman–Crippen MR) is 95.6 cm³/mol. The summed E-state index contributed by atoms with van der Waals surface area (Å²) >= 11 is 0. The van der Waals surface area contributed by atoms with E-state index in [1.807, 2.05) is 11.9 Å². The van der Waals surface area contributed by atoms with Gasteiger partial charge in [0.2, 0.25) is 5.78 Å². The number of Topliss-reactive ketones (excluding diaryl/α,β-unsaturated/α-hetero) is 1. The van der Waals surface area contributed by atoms with Crippen LogP contribution in [0.25, 0.3) is 0 Å². The molecule has 0 radical (unpaired) electrons. The maximum Gasteiger partial charge on any atom is 0.338 e. The van der Waals surface area contributed by atoms with Crippen LogP contribution in [0.5, 0.6) is 0 Å². The van der Waals surface area contributed by atoms with Crippen molar-refractivity contribution >= 4 is 17.7 Å². The molecule has 152 valence electrons. The van der Waals surface area contributed by atoms with Crippen LogP contribution in [0.15, 0.2) is 11.6 Å². The van der Waals surface area contributed by atoms with Crippen LogP contribution in [-0.2, 0) is 23.9 Å². The number of aliphatic hydroxyl groups excluding tert-OH is 1. The average molecular weight is 383 g/mol. The fourth-order valence-corrected chi connectivity index (χ4v) is 3.31. The van der Waals surface area contributed by atoms with E-state index >= 15 is 0 Å². The lowest BCUT2D eigenvalue weighted by Gasteiger charge is -2.35. The Morgan fingerprint density at radius 3 is 2.63 bits per heavy atom. The summed E-state index contributed by atoms with van der Waals surface area (Å²) in [7, 11) is 1.86. The number of nitrogens with zero attached hydrogens (tertiary/aromatic N) is 1. The number of cyclic esters (lactones) is 1. The number of carbonyl (C=O) groups excluding carboxylic acids is 3. The normalized spacial score (nSPS) is 39.0. The molecule has 8 heteroatoms. The minimum absolute atomic E-state index is 0.227. The van der Waals surface area contributed by atoms with Gasteiger partial charge >= 0.3 is 11.9 Å². The molecule has 5 atom stereocenters. The van der Waals surface area contributed by atoms with E-state index in [9.17, 15) is 24.6 Å². The molecule has 2 bridgehead atoms. The quantitative estimate of drug-likeness (QED) is 0.611. The Morgan fingerprint density at radius 2 is 2.00 bits per heavy atom. The fraction of sp³-hybridized carbons (Fsp3) is 0.737. The summed E-state index contributed by atoms with van der Waals surface area (Å²) in [5, 5.41) is 21.2. The molecule has 27 heavy (non-hydrogen) atoms. The van der Waals surface area contributed by atoms with Crippen LogP contribution in [0.3, 0.4) is 0 Å². The Kier molecular flexibility index (Phi) is 6.77. The number of carbonyl (C=O) groups is 3. The highest BCUT2D eigenvalue weighted by Gasteiger charge is 2.46. The molecular formula is C19H29NO7. The van der Waals surface area contributed by atoms with Gasteiger partial charge in [-0.3, -0.25) is 9.59 Å². The summed E-state index contributed by atoms with van der Waals surface area (Å²) in [6.45, 7) is 5.12. The zero-order valence-electron chi connectivity index (χ0n) is 16.3. The van der Waals surface area contributed by atoms with Crippen molar-refractivity contribution in [1.82, 2.24) is 4.90 Å². The average Bonchev–Trinajstić information content (AvgIpc) is 2.62. The highest BCUT2D eigenvalue weighted by Crippen LogP contribution is 2.30. The summed E-state index contributed by atoms with van der Waals surface area (Å²) in [5.41, 5.74) is -1.79. The third kappa shape index (κ3) is 4.56. The van der Waals surface area contributed by atoms with Crippen LogP contribution in [0.1, 0.15) is 33.6 Å². The molecule has 2 rings (SSSR count). The van der Waals surface area contributed by atoms with Crippen molar-refractivity contribution in [2.45, 2.75) is 51.4 Å². The van der Waals surface area contributed by atoms with Crippen LogP contribution in [0.2, 0.25) is 0 Å². The van der Waals surface area contributed by atoms with E-state index in [1.54, 1.807) is 13.0 Å². The molecule has 2 aliphatic rings. The molecule has 0 aromatic rings. The second kappa shape index (κ2) is 8.50. The van der Waals surface area contributed by atoms with Crippen molar-refractivity contribution < 1.29 is 34.1 Å². The van der Waals surface area contributed by atoms with Gasteiger partial charge in [0.15, 0.2) is 11.7 Å². The number of rotatable bonds is 1. The first-order valence-corrected chi connectivity index (χ1v) is 9.29. The number of ketones is 1. The number of ether oxygens (including phenoxy) is 2. The molecule has 0 aliphatic carbocycles. The van der Waals surface area contributed by atoms with E-state index in [4.69, 9.17) is 9.47 Å². The summed E-state index contributed by atoms with van der Waals surface area (Å²) in [5.74, 6) is -4.01. The van der Waals surface area contributed by atoms with Crippen LogP contribution in [0.4, 0.5) is 0 Å². The highest BCUT2D eigenvalue weighted by molar-refractivity contribution is 6.00. The van der Waals surface area contributed by atoms with E-state index in [1.165, 1.54) is 13.8 Å². The van der Waals surface area contributed by atoms with Gasteiger partial charge in [-0.25, -0.2) is 4.79 Å². The van der Waals surface area contributed by atoms with Gasteiger partial charge < -0.3 is 24.6 Å². The monoisotopic (exact) mass is 383 g/mol. The lowest BCUT2D eigenvalue weighted by Crippen LogP contribution is -2.52. The summed E-state index contributed by atoms with van der Waals surface area (Å²) in [6.07, 6.45) is -0.135. The molecule has 1 unspecified atom stereocenters. The Labute approximate surface area is 159 Å². The Hall–Kier alpha value is -1.77. The van der Waals surface area contributed by atoms with Gasteiger partial charge in [-0.05, 0) is 20.4 Å². The minimum atomic E-state index is -2.02. The van der Waals surface area contributed by atoms with Gasteiger partial charge in [0.25, 0.3) is 0 Å². The third-order valence-corrected chi connectivity index (χ3v) is 5.62. The van der Waals surface area contributed by atoms with E-state index < -0.39 is 47.4 Å². The van der Waals surface area contributed by atoms with Crippen LogP contribution in [0, 0.1) is 11.8 Å². The molecule has 2 aliphatic heterocycles. The molecule has 0 aromatic carbocycles. The molecule has 0 aromatic heterocycles. The number of hydrogen-bond acceptors (Lipinski definition) is 8. The first-order chi connectivity index (χ1) is 12.6. The number of esters is 2. The first kappa shape index (κ1) is 21.5. The number of likely N-dealkylation sites (N-methyl/N-ethyl adjacent to an activating group) is 1. The molecule has 8 nitrogen and oxygen atoms in total. The Bertz CT molecular complexity index is 628. The Balaban J connectivity index is 2.45. The zero-order valence-corrected chi connectivity index (χ0v) is 16.3. The second-order valence-corrected chi connectivity index (χ2v) is 7.59. The van der Waals surface area contributed by atoms with E-state index in [0.29, 0.717) is 19.5 Å². The summed E-state index contributed by atoms with van der Waals surface area (Å²) < 4.78 is 10.7. The van der Waals surface area contributed by atoms with Crippen molar-refractivity contribution in [2.75, 3.05) is 26.7 Å². The fourth-order valence-electron chi connectivity index (χ4n) is 3.31. The molecule has 2 heterocycles. The molecule has 0 amide bonds. The SMILES string of the molecule is CCC1C(=O)O[C@@H]2CCN(C)C/C=C(/COC(=O)[C@](C)(O)[C@H](C)[C@@H]1O)C2=O. The van der Waals surface area contributed by atoms with E-state index in [-0.39, 0.29) is 18.6 Å². The van der Waals surface area contributed by atoms with Gasteiger partial charge in [0.1, 0.15) is 6.61 Å². The van der Waals surface area contributed by atoms with Crippen molar-refractivity contribution in [3.63, 3.8) is 0 Å². The highest BCUT2D eigenvalue weighted by atomic mass is 16.6.